The number of imide groups is 1. The van der Waals surface area contributed by atoms with Crippen LogP contribution in [0.5, 0.6) is 0 Å². The minimum Gasteiger partial charge on any atom is -0.448 e. The van der Waals surface area contributed by atoms with Gasteiger partial charge >= 0.3 is 12.1 Å². The largest absolute Gasteiger partial charge is 0.448 e. The number of hydrogen-bond acceptors (Lipinski definition) is 6. The molecule has 2 aliphatic heterocycles. The lowest BCUT2D eigenvalue weighted by atomic mass is 9.98. The van der Waals surface area contributed by atoms with Crippen LogP contribution in [0.2, 0.25) is 0 Å². The van der Waals surface area contributed by atoms with E-state index >= 15 is 0 Å². The Bertz CT molecular complexity index is 1370. The zero-order valence-electron chi connectivity index (χ0n) is 20.7. The third kappa shape index (κ3) is 4.02. The van der Waals surface area contributed by atoms with E-state index in [2.05, 4.69) is 12.1 Å². The number of hydrogen-bond donors (Lipinski definition) is 0. The monoisotopic (exact) mass is 510 g/mol. The van der Waals surface area contributed by atoms with Gasteiger partial charge in [-0.3, -0.25) is 19.4 Å². The van der Waals surface area contributed by atoms with Crippen molar-refractivity contribution >= 4 is 23.9 Å². The van der Waals surface area contributed by atoms with Crippen molar-refractivity contribution in [3.05, 3.63) is 95.1 Å². The van der Waals surface area contributed by atoms with Crippen LogP contribution in [0.1, 0.15) is 57.0 Å². The van der Waals surface area contributed by atoms with Crippen molar-refractivity contribution in [2.75, 3.05) is 19.9 Å². The molecule has 1 fully saturated rings. The van der Waals surface area contributed by atoms with Crippen molar-refractivity contribution in [1.29, 1.82) is 0 Å². The number of cyclic esters (lactones) is 1. The Labute approximate surface area is 219 Å². The van der Waals surface area contributed by atoms with Gasteiger partial charge in [-0.1, -0.05) is 60.7 Å². The van der Waals surface area contributed by atoms with Gasteiger partial charge in [-0.2, -0.15) is 0 Å². The number of unbranched alkanes of at least 4 members (excludes halogenated alkanes) is 1. The smallest absolute Gasteiger partial charge is 0.413 e. The van der Waals surface area contributed by atoms with Crippen LogP contribution in [-0.2, 0) is 14.3 Å². The van der Waals surface area contributed by atoms with Crippen LogP contribution < -0.4 is 0 Å². The van der Waals surface area contributed by atoms with Crippen molar-refractivity contribution in [3.8, 4) is 11.1 Å². The molecule has 3 aromatic rings. The summed E-state index contributed by atoms with van der Waals surface area (Å²) in [6.07, 6.45) is 0.795. The molecule has 1 aliphatic carbocycles. The van der Waals surface area contributed by atoms with E-state index in [1.165, 1.54) is 9.80 Å². The summed E-state index contributed by atoms with van der Waals surface area (Å²) in [6, 6.07) is 22.2. The summed E-state index contributed by atoms with van der Waals surface area (Å²) < 4.78 is 10.9. The molecule has 192 valence electrons. The van der Waals surface area contributed by atoms with E-state index < -0.39 is 18.1 Å². The number of amides is 3. The quantitative estimate of drug-likeness (QED) is 0.262. The standard InChI is InChI=1S/C30H26N2O6/c33-27-23-13-5-6-14-24(23)28(34)31(27)16-8-7-15-26-29(35)38-18-32(26)30(36)37-17-25-21-11-3-1-9-19(21)20-10-2-4-12-22(20)25/h1-6,9-14,25-26H,7-8,15-18H2. The first kappa shape index (κ1) is 23.9. The lowest BCUT2D eigenvalue weighted by molar-refractivity contribution is -0.139. The predicted octanol–water partition coefficient (Wildman–Crippen LogP) is 4.59. The predicted molar refractivity (Wildman–Crippen MR) is 137 cm³/mol. The Balaban J connectivity index is 1.05. The van der Waals surface area contributed by atoms with Crippen molar-refractivity contribution in [3.63, 3.8) is 0 Å². The lowest BCUT2D eigenvalue weighted by Gasteiger charge is -2.22. The molecule has 1 unspecified atom stereocenters. The van der Waals surface area contributed by atoms with Crippen LogP contribution >= 0.6 is 0 Å². The minimum atomic E-state index is -0.757. The number of carbonyl (C=O) groups excluding carboxylic acids is 4. The van der Waals surface area contributed by atoms with Crippen molar-refractivity contribution in [1.82, 2.24) is 9.80 Å². The summed E-state index contributed by atoms with van der Waals surface area (Å²) in [7, 11) is 0. The number of carbonyl (C=O) groups is 4. The van der Waals surface area contributed by atoms with E-state index in [0.717, 1.165) is 22.3 Å². The Kier molecular flexibility index (Phi) is 6.15. The number of benzene rings is 3. The average molecular weight is 511 g/mol. The van der Waals surface area contributed by atoms with Crippen molar-refractivity contribution in [2.45, 2.75) is 31.2 Å². The molecule has 3 amide bonds. The van der Waals surface area contributed by atoms with Gasteiger partial charge in [0.15, 0.2) is 6.73 Å². The zero-order chi connectivity index (χ0) is 26.2. The van der Waals surface area contributed by atoms with Crippen LogP contribution in [0.15, 0.2) is 72.8 Å². The summed E-state index contributed by atoms with van der Waals surface area (Å²) in [4.78, 5) is 53.0. The van der Waals surface area contributed by atoms with Crippen LogP contribution in [0.4, 0.5) is 4.79 Å². The Morgan fingerprint density at radius 2 is 1.34 bits per heavy atom. The Morgan fingerprint density at radius 1 is 0.789 bits per heavy atom. The molecule has 3 aromatic carbocycles. The lowest BCUT2D eigenvalue weighted by Crippen LogP contribution is -2.39. The summed E-state index contributed by atoms with van der Waals surface area (Å²) in [5.74, 6) is -1.15. The van der Waals surface area contributed by atoms with E-state index in [-0.39, 0.29) is 37.6 Å². The van der Waals surface area contributed by atoms with Gasteiger partial charge in [-0.25, -0.2) is 9.59 Å². The highest BCUT2D eigenvalue weighted by atomic mass is 16.6. The van der Waals surface area contributed by atoms with Gasteiger partial charge in [-0.05, 0) is 53.6 Å². The molecular formula is C30H26N2O6. The molecule has 0 spiro atoms. The molecule has 8 nitrogen and oxygen atoms in total. The third-order valence-electron chi connectivity index (χ3n) is 7.55. The van der Waals surface area contributed by atoms with Crippen molar-refractivity contribution in [2.24, 2.45) is 0 Å². The van der Waals surface area contributed by atoms with Gasteiger partial charge in [0.2, 0.25) is 0 Å². The highest BCUT2D eigenvalue weighted by Crippen LogP contribution is 2.44. The number of esters is 1. The Morgan fingerprint density at radius 3 is 1.95 bits per heavy atom. The molecule has 0 radical (unpaired) electrons. The third-order valence-corrected chi connectivity index (χ3v) is 7.55. The molecule has 3 aliphatic rings. The normalized spacial score (nSPS) is 17.9. The second-order valence-electron chi connectivity index (χ2n) is 9.69. The Hall–Kier alpha value is -4.46. The fourth-order valence-corrected chi connectivity index (χ4v) is 5.63. The van der Waals surface area contributed by atoms with Crippen LogP contribution in [0.3, 0.4) is 0 Å². The van der Waals surface area contributed by atoms with Gasteiger partial charge in [0.25, 0.3) is 11.8 Å². The summed E-state index contributed by atoms with van der Waals surface area (Å²) in [6.45, 7) is 0.252. The highest BCUT2D eigenvalue weighted by molar-refractivity contribution is 6.21. The maximum atomic E-state index is 13.0. The zero-order valence-corrected chi connectivity index (χ0v) is 20.7. The summed E-state index contributed by atoms with van der Waals surface area (Å²) in [5, 5.41) is 0. The van der Waals surface area contributed by atoms with E-state index in [0.29, 0.717) is 30.4 Å². The molecule has 6 rings (SSSR count). The van der Waals surface area contributed by atoms with Gasteiger partial charge in [-0.15, -0.1) is 0 Å². The number of rotatable bonds is 7. The van der Waals surface area contributed by atoms with Gasteiger partial charge < -0.3 is 9.47 Å². The highest BCUT2D eigenvalue weighted by Gasteiger charge is 2.40. The first-order chi connectivity index (χ1) is 18.5. The van der Waals surface area contributed by atoms with Gasteiger partial charge in [0.1, 0.15) is 12.6 Å². The maximum absolute atomic E-state index is 13.0. The molecule has 1 atom stereocenters. The molecule has 0 saturated carbocycles. The molecule has 8 heteroatoms. The first-order valence-electron chi connectivity index (χ1n) is 12.8. The minimum absolute atomic E-state index is 0.0799. The fraction of sp³-hybridized carbons (Fsp3) is 0.267. The first-order valence-corrected chi connectivity index (χ1v) is 12.8. The SMILES string of the molecule is O=C1OCN(C(=O)OCC2c3ccccc3-c3ccccc32)C1CCCCN1C(=O)c2ccccc2C1=O. The van der Waals surface area contributed by atoms with Gasteiger partial charge in [0.05, 0.1) is 11.1 Å². The summed E-state index contributed by atoms with van der Waals surface area (Å²) >= 11 is 0. The molecule has 38 heavy (non-hydrogen) atoms. The maximum Gasteiger partial charge on any atom is 0.413 e. The van der Waals surface area contributed by atoms with E-state index in [4.69, 9.17) is 9.47 Å². The summed E-state index contributed by atoms with van der Waals surface area (Å²) in [5.41, 5.74) is 5.33. The van der Waals surface area contributed by atoms with E-state index in [9.17, 15) is 19.2 Å². The molecule has 1 saturated heterocycles. The average Bonchev–Trinajstić information content (AvgIpc) is 3.56. The second-order valence-corrected chi connectivity index (χ2v) is 9.69. The van der Waals surface area contributed by atoms with Gasteiger partial charge in [0, 0.05) is 12.5 Å². The van der Waals surface area contributed by atoms with Crippen molar-refractivity contribution < 1.29 is 28.7 Å². The number of nitrogens with zero attached hydrogens (tertiary/aromatic N) is 2. The molecular weight excluding hydrogens is 484 g/mol. The van der Waals surface area contributed by atoms with Crippen LogP contribution in [0, 0.1) is 0 Å². The fourth-order valence-electron chi connectivity index (χ4n) is 5.63. The van der Waals surface area contributed by atoms with E-state index in [1.807, 2.05) is 36.4 Å². The number of ether oxygens (including phenoxy) is 2. The van der Waals surface area contributed by atoms with Crippen LogP contribution in [-0.4, -0.2) is 59.6 Å². The molecule has 0 bridgehead atoms. The topological polar surface area (TPSA) is 93.2 Å². The number of fused-ring (bicyclic) bond motifs is 4. The molecule has 2 heterocycles. The molecule has 0 aromatic heterocycles. The van der Waals surface area contributed by atoms with Crippen LogP contribution in [0.25, 0.3) is 11.1 Å². The van der Waals surface area contributed by atoms with E-state index in [1.54, 1.807) is 24.3 Å². The second kappa shape index (κ2) is 9.78. The molecule has 0 N–H and O–H groups in total.